The number of carbonyl (C=O) groups excluding carboxylic acids is 1. The number of urea groups is 1. The number of rotatable bonds is 2. The Bertz CT molecular complexity index is 883. The maximum absolute atomic E-state index is 12.8. The van der Waals surface area contributed by atoms with E-state index in [0.29, 0.717) is 5.75 Å². The lowest BCUT2D eigenvalue weighted by atomic mass is 10.1. The minimum absolute atomic E-state index is 0.0747. The molecule has 1 aliphatic heterocycles. The summed E-state index contributed by atoms with van der Waals surface area (Å²) >= 11 is 0. The van der Waals surface area contributed by atoms with E-state index in [4.69, 9.17) is 4.74 Å². The van der Waals surface area contributed by atoms with Crippen LogP contribution < -0.4 is 14.4 Å². The van der Waals surface area contributed by atoms with Crippen molar-refractivity contribution in [1.29, 1.82) is 0 Å². The molecule has 0 bridgehead atoms. The van der Waals surface area contributed by atoms with Gasteiger partial charge >= 0.3 is 6.03 Å². The van der Waals surface area contributed by atoms with Crippen LogP contribution in [0.2, 0.25) is 0 Å². The second-order valence-electron chi connectivity index (χ2n) is 5.31. The van der Waals surface area contributed by atoms with Crippen LogP contribution in [0.5, 0.6) is 5.75 Å². The normalized spacial score (nSPS) is 15.8. The molecule has 2 aromatic rings. The van der Waals surface area contributed by atoms with E-state index in [1.165, 1.54) is 6.07 Å². The predicted molar refractivity (Wildman–Crippen MR) is 87.6 cm³/mol. The molecular weight excluding hydrogens is 316 g/mol. The molecule has 120 valence electrons. The van der Waals surface area contributed by atoms with Crippen LogP contribution in [0.15, 0.2) is 41.3 Å². The van der Waals surface area contributed by atoms with Crippen molar-refractivity contribution in [3.05, 3.63) is 47.5 Å². The van der Waals surface area contributed by atoms with E-state index in [1.54, 1.807) is 51.3 Å². The van der Waals surface area contributed by atoms with Crippen molar-refractivity contribution >= 4 is 27.4 Å². The molecule has 1 N–H and O–H groups in total. The minimum Gasteiger partial charge on any atom is -0.496 e. The Labute approximate surface area is 134 Å². The maximum atomic E-state index is 12.8. The highest BCUT2D eigenvalue weighted by atomic mass is 32.2. The van der Waals surface area contributed by atoms with Gasteiger partial charge in [0.2, 0.25) is 0 Å². The van der Waals surface area contributed by atoms with Gasteiger partial charge in [0.15, 0.2) is 0 Å². The van der Waals surface area contributed by atoms with Crippen LogP contribution in [-0.2, 0) is 10.0 Å². The number of hydrogen-bond donors (Lipinski definition) is 1. The van der Waals surface area contributed by atoms with Gasteiger partial charge in [-0.2, -0.15) is 4.31 Å². The van der Waals surface area contributed by atoms with Crippen molar-refractivity contribution < 1.29 is 17.9 Å². The number of fused-ring (bicyclic) bond motifs is 1. The summed E-state index contributed by atoms with van der Waals surface area (Å²) < 4.78 is 31.7. The van der Waals surface area contributed by atoms with Crippen LogP contribution in [0.25, 0.3) is 0 Å². The molecule has 0 atom stereocenters. The van der Waals surface area contributed by atoms with Gasteiger partial charge in [-0.3, -0.25) is 0 Å². The molecular formula is C16H16N2O4S. The van der Waals surface area contributed by atoms with Crippen molar-refractivity contribution in [2.24, 2.45) is 0 Å². The largest absolute Gasteiger partial charge is 0.496 e. The molecule has 0 spiro atoms. The summed E-state index contributed by atoms with van der Waals surface area (Å²) in [4.78, 5) is 12.4. The first-order chi connectivity index (χ1) is 10.9. The fraction of sp³-hybridized carbons (Fsp3) is 0.188. The van der Waals surface area contributed by atoms with Crippen molar-refractivity contribution in [2.45, 2.75) is 18.7 Å². The van der Waals surface area contributed by atoms with Gasteiger partial charge in [-0.1, -0.05) is 12.1 Å². The lowest BCUT2D eigenvalue weighted by Crippen LogP contribution is -2.44. The Hall–Kier alpha value is -2.54. The summed E-state index contributed by atoms with van der Waals surface area (Å²) in [6.07, 6.45) is 0. The summed E-state index contributed by atoms with van der Waals surface area (Å²) in [6, 6.07) is 8.87. The molecule has 0 saturated heterocycles. The van der Waals surface area contributed by atoms with Crippen molar-refractivity contribution in [2.75, 3.05) is 16.7 Å². The van der Waals surface area contributed by atoms with E-state index in [2.05, 4.69) is 5.32 Å². The topological polar surface area (TPSA) is 75.7 Å². The van der Waals surface area contributed by atoms with Crippen LogP contribution in [0.1, 0.15) is 11.1 Å². The van der Waals surface area contributed by atoms with E-state index in [1.807, 2.05) is 0 Å². The number of hydrogen-bond acceptors (Lipinski definition) is 4. The third-order valence-corrected chi connectivity index (χ3v) is 5.48. The minimum atomic E-state index is -3.96. The van der Waals surface area contributed by atoms with E-state index in [9.17, 15) is 13.2 Å². The zero-order valence-electron chi connectivity index (χ0n) is 13.0. The lowest BCUT2D eigenvalue weighted by Gasteiger charge is -2.29. The van der Waals surface area contributed by atoms with Crippen LogP contribution in [0, 0.1) is 13.8 Å². The molecule has 2 amide bonds. The summed E-state index contributed by atoms with van der Waals surface area (Å²) in [5.74, 6) is 0.670. The number of methoxy groups -OCH3 is 1. The molecule has 0 radical (unpaired) electrons. The average molecular weight is 332 g/mol. The highest BCUT2D eigenvalue weighted by Crippen LogP contribution is 2.36. The SMILES string of the molecule is COc1c(C)cc(N2C(=O)Nc3ccccc3S2(=O)=O)cc1C. The molecule has 0 fully saturated rings. The summed E-state index contributed by atoms with van der Waals surface area (Å²) in [5, 5.41) is 2.61. The highest BCUT2D eigenvalue weighted by molar-refractivity contribution is 7.94. The monoisotopic (exact) mass is 332 g/mol. The Morgan fingerprint density at radius 1 is 1.09 bits per heavy atom. The molecule has 1 aliphatic rings. The Balaban J connectivity index is 2.20. The molecule has 7 heteroatoms. The van der Waals surface area contributed by atoms with Gasteiger partial charge in [-0.25, -0.2) is 13.2 Å². The smallest absolute Gasteiger partial charge is 0.340 e. The number of ether oxygens (including phenoxy) is 1. The number of nitrogens with one attached hydrogen (secondary N) is 1. The number of benzene rings is 2. The fourth-order valence-electron chi connectivity index (χ4n) is 2.79. The fourth-order valence-corrected chi connectivity index (χ4v) is 4.28. The van der Waals surface area contributed by atoms with Gasteiger partial charge in [0.05, 0.1) is 18.5 Å². The van der Waals surface area contributed by atoms with Crippen LogP contribution in [0.3, 0.4) is 0 Å². The number of anilines is 2. The third kappa shape index (κ3) is 2.33. The lowest BCUT2D eigenvalue weighted by molar-refractivity contribution is 0.259. The molecule has 23 heavy (non-hydrogen) atoms. The first kappa shape index (κ1) is 15.4. The molecule has 0 aliphatic carbocycles. The number of amides is 2. The molecule has 0 saturated carbocycles. The first-order valence-corrected chi connectivity index (χ1v) is 8.41. The van der Waals surface area contributed by atoms with Crippen LogP contribution in [-0.4, -0.2) is 21.6 Å². The standard InChI is InChI=1S/C16H16N2O4S/c1-10-8-12(9-11(2)15(10)22-3)18-16(19)17-13-6-4-5-7-14(13)23(18,20)21/h4-9H,1-3H3,(H,17,19). The van der Waals surface area contributed by atoms with Gasteiger partial charge < -0.3 is 10.1 Å². The van der Waals surface area contributed by atoms with Crippen molar-refractivity contribution in [3.63, 3.8) is 0 Å². The molecule has 0 aromatic heterocycles. The second-order valence-corrected chi connectivity index (χ2v) is 7.06. The molecule has 1 heterocycles. The van der Waals surface area contributed by atoms with E-state index in [-0.39, 0.29) is 16.3 Å². The second kappa shape index (κ2) is 5.27. The third-order valence-electron chi connectivity index (χ3n) is 3.72. The van der Waals surface area contributed by atoms with Crippen LogP contribution >= 0.6 is 0 Å². The quantitative estimate of drug-likeness (QED) is 0.917. The first-order valence-electron chi connectivity index (χ1n) is 6.97. The van der Waals surface area contributed by atoms with E-state index < -0.39 is 16.1 Å². The van der Waals surface area contributed by atoms with Crippen molar-refractivity contribution in [1.82, 2.24) is 0 Å². The molecule has 0 unspecified atom stereocenters. The van der Waals surface area contributed by atoms with E-state index >= 15 is 0 Å². The molecule has 6 nitrogen and oxygen atoms in total. The van der Waals surface area contributed by atoms with Gasteiger partial charge in [-0.15, -0.1) is 0 Å². The molecule has 2 aromatic carbocycles. The van der Waals surface area contributed by atoms with Gasteiger partial charge in [0, 0.05) is 0 Å². The summed E-state index contributed by atoms with van der Waals surface area (Å²) in [7, 11) is -2.41. The Morgan fingerprint density at radius 3 is 2.30 bits per heavy atom. The number of para-hydroxylation sites is 1. The highest BCUT2D eigenvalue weighted by Gasteiger charge is 2.38. The number of nitrogens with zero attached hydrogens (tertiary/aromatic N) is 1. The summed E-state index contributed by atoms with van der Waals surface area (Å²) in [5.41, 5.74) is 2.08. The predicted octanol–water partition coefficient (Wildman–Crippen LogP) is 3.05. The Kier molecular flexibility index (Phi) is 3.52. The number of carbonyl (C=O) groups is 1. The zero-order valence-corrected chi connectivity index (χ0v) is 13.8. The number of aryl methyl sites for hydroxylation is 2. The summed E-state index contributed by atoms with van der Waals surface area (Å²) in [6.45, 7) is 3.61. The van der Waals surface area contributed by atoms with Gasteiger partial charge in [0.1, 0.15) is 10.6 Å². The van der Waals surface area contributed by atoms with E-state index in [0.717, 1.165) is 15.4 Å². The number of sulfonamides is 1. The molecule has 3 rings (SSSR count). The zero-order chi connectivity index (χ0) is 16.8. The maximum Gasteiger partial charge on any atom is 0.340 e. The van der Waals surface area contributed by atoms with Crippen molar-refractivity contribution in [3.8, 4) is 5.75 Å². The van der Waals surface area contributed by atoms with Gasteiger partial charge in [0.25, 0.3) is 10.0 Å². The Morgan fingerprint density at radius 2 is 1.70 bits per heavy atom. The average Bonchev–Trinajstić information content (AvgIpc) is 2.46. The van der Waals surface area contributed by atoms with Gasteiger partial charge in [-0.05, 0) is 49.2 Å². The van der Waals surface area contributed by atoms with Crippen LogP contribution in [0.4, 0.5) is 16.2 Å².